The van der Waals surface area contributed by atoms with Crippen LogP contribution in [0.4, 0.5) is 0 Å². The van der Waals surface area contributed by atoms with E-state index >= 15 is 0 Å². The van der Waals surface area contributed by atoms with E-state index in [1.165, 1.54) is 6.42 Å². The van der Waals surface area contributed by atoms with Crippen LogP contribution >= 0.6 is 0 Å². The van der Waals surface area contributed by atoms with Crippen LogP contribution in [0.5, 0.6) is 5.75 Å². The number of aromatic nitrogens is 2. The Morgan fingerprint density at radius 1 is 1.15 bits per heavy atom. The lowest BCUT2D eigenvalue weighted by molar-refractivity contribution is 0.302. The first-order chi connectivity index (χ1) is 9.92. The maximum atomic E-state index is 5.69. The van der Waals surface area contributed by atoms with Gasteiger partial charge in [-0.1, -0.05) is 30.3 Å². The van der Waals surface area contributed by atoms with Crippen LogP contribution in [0.2, 0.25) is 0 Å². The van der Waals surface area contributed by atoms with Crippen molar-refractivity contribution >= 4 is 0 Å². The first-order valence-corrected chi connectivity index (χ1v) is 7.11. The van der Waals surface area contributed by atoms with Crippen molar-refractivity contribution in [3.63, 3.8) is 0 Å². The summed E-state index contributed by atoms with van der Waals surface area (Å²) in [5.41, 5.74) is 1.15. The fourth-order valence-corrected chi connectivity index (χ4v) is 2.42. The molecule has 4 heteroatoms. The van der Waals surface area contributed by atoms with Gasteiger partial charge in [-0.2, -0.15) is 0 Å². The lowest BCUT2D eigenvalue weighted by atomic mass is 9.99. The van der Waals surface area contributed by atoms with Crippen LogP contribution in [0.15, 0.2) is 42.7 Å². The van der Waals surface area contributed by atoms with Gasteiger partial charge in [0.05, 0.1) is 12.4 Å². The van der Waals surface area contributed by atoms with Gasteiger partial charge < -0.3 is 10.1 Å². The maximum Gasteiger partial charge on any atom is 0.156 e. The summed E-state index contributed by atoms with van der Waals surface area (Å²) < 4.78 is 5.69. The highest BCUT2D eigenvalue weighted by Crippen LogP contribution is 2.20. The fourth-order valence-electron chi connectivity index (χ4n) is 2.42. The Balaban J connectivity index is 1.58. The molecule has 20 heavy (non-hydrogen) atoms. The Morgan fingerprint density at radius 2 is 1.95 bits per heavy atom. The van der Waals surface area contributed by atoms with Crippen LogP contribution in [-0.2, 0) is 6.61 Å². The number of ether oxygens (including phenoxy) is 1. The lowest BCUT2D eigenvalue weighted by Crippen LogP contribution is -2.29. The molecule has 1 N–H and O–H groups in total. The molecule has 2 heterocycles. The molecule has 1 aromatic heterocycles. The molecular weight excluding hydrogens is 250 g/mol. The van der Waals surface area contributed by atoms with E-state index in [0.29, 0.717) is 12.5 Å². The van der Waals surface area contributed by atoms with Crippen molar-refractivity contribution in [2.75, 3.05) is 13.1 Å². The Labute approximate surface area is 119 Å². The summed E-state index contributed by atoms with van der Waals surface area (Å²) in [4.78, 5) is 8.88. The third kappa shape index (κ3) is 3.33. The Kier molecular flexibility index (Phi) is 4.23. The predicted octanol–water partition coefficient (Wildman–Crippen LogP) is 2.52. The quantitative estimate of drug-likeness (QED) is 0.926. The standard InChI is InChI=1S/C16H19N3O/c1-2-5-13(6-3-1)12-20-15-10-18-16(19-11-15)14-7-4-8-17-9-14/h1-3,5-6,10-11,14,17H,4,7-9,12H2. The molecule has 3 rings (SSSR count). The van der Waals surface area contributed by atoms with E-state index in [1.54, 1.807) is 12.4 Å². The van der Waals surface area contributed by atoms with E-state index in [0.717, 1.165) is 36.6 Å². The fraction of sp³-hybridized carbons (Fsp3) is 0.375. The maximum absolute atomic E-state index is 5.69. The Morgan fingerprint density at radius 3 is 2.65 bits per heavy atom. The van der Waals surface area contributed by atoms with Gasteiger partial charge in [-0.25, -0.2) is 9.97 Å². The smallest absolute Gasteiger partial charge is 0.156 e. The molecule has 104 valence electrons. The zero-order valence-electron chi connectivity index (χ0n) is 11.5. The van der Waals surface area contributed by atoms with E-state index in [2.05, 4.69) is 15.3 Å². The molecule has 0 bridgehead atoms. The average molecular weight is 269 g/mol. The Hall–Kier alpha value is -1.94. The zero-order chi connectivity index (χ0) is 13.6. The van der Waals surface area contributed by atoms with Gasteiger partial charge in [-0.15, -0.1) is 0 Å². The van der Waals surface area contributed by atoms with Crippen LogP contribution in [-0.4, -0.2) is 23.1 Å². The van der Waals surface area contributed by atoms with E-state index in [9.17, 15) is 0 Å². The van der Waals surface area contributed by atoms with Crippen LogP contribution in [0.3, 0.4) is 0 Å². The number of hydrogen-bond acceptors (Lipinski definition) is 4. The van der Waals surface area contributed by atoms with Crippen LogP contribution in [0, 0.1) is 0 Å². The van der Waals surface area contributed by atoms with Crippen molar-refractivity contribution in [1.29, 1.82) is 0 Å². The molecule has 1 aliphatic rings. The molecule has 0 aliphatic carbocycles. The molecule has 1 fully saturated rings. The molecule has 1 aliphatic heterocycles. The van der Waals surface area contributed by atoms with Gasteiger partial charge in [0.25, 0.3) is 0 Å². The molecule has 0 saturated carbocycles. The first kappa shape index (κ1) is 13.1. The molecule has 0 spiro atoms. The van der Waals surface area contributed by atoms with E-state index in [4.69, 9.17) is 4.74 Å². The van der Waals surface area contributed by atoms with Gasteiger partial charge in [-0.3, -0.25) is 0 Å². The third-order valence-electron chi connectivity index (χ3n) is 3.56. The number of benzene rings is 1. The molecule has 4 nitrogen and oxygen atoms in total. The average Bonchev–Trinajstić information content (AvgIpc) is 2.55. The molecule has 1 unspecified atom stereocenters. The summed E-state index contributed by atoms with van der Waals surface area (Å²) in [7, 11) is 0. The highest BCUT2D eigenvalue weighted by molar-refractivity contribution is 5.17. The highest BCUT2D eigenvalue weighted by Gasteiger charge is 2.17. The van der Waals surface area contributed by atoms with Crippen molar-refractivity contribution in [3.8, 4) is 5.75 Å². The van der Waals surface area contributed by atoms with Gasteiger partial charge in [0.15, 0.2) is 5.75 Å². The monoisotopic (exact) mass is 269 g/mol. The van der Waals surface area contributed by atoms with Crippen molar-refractivity contribution in [2.24, 2.45) is 0 Å². The molecule has 1 atom stereocenters. The van der Waals surface area contributed by atoms with Crippen molar-refractivity contribution in [3.05, 3.63) is 54.1 Å². The second-order valence-electron chi connectivity index (χ2n) is 5.09. The minimum Gasteiger partial charge on any atom is -0.486 e. The lowest BCUT2D eigenvalue weighted by Gasteiger charge is -2.21. The van der Waals surface area contributed by atoms with Gasteiger partial charge in [0.2, 0.25) is 0 Å². The number of hydrogen-bond donors (Lipinski definition) is 1. The van der Waals surface area contributed by atoms with Crippen LogP contribution in [0.25, 0.3) is 0 Å². The van der Waals surface area contributed by atoms with E-state index < -0.39 is 0 Å². The minimum absolute atomic E-state index is 0.437. The van der Waals surface area contributed by atoms with Crippen LogP contribution < -0.4 is 10.1 Å². The normalized spacial score (nSPS) is 18.7. The third-order valence-corrected chi connectivity index (χ3v) is 3.56. The molecule has 1 aromatic carbocycles. The second kappa shape index (κ2) is 6.48. The van der Waals surface area contributed by atoms with Gasteiger partial charge in [0.1, 0.15) is 12.4 Å². The van der Waals surface area contributed by atoms with Crippen molar-refractivity contribution in [1.82, 2.24) is 15.3 Å². The van der Waals surface area contributed by atoms with Crippen molar-refractivity contribution < 1.29 is 4.74 Å². The molecule has 2 aromatic rings. The SMILES string of the molecule is c1ccc(COc2cnc(C3CCCNC3)nc2)cc1. The summed E-state index contributed by atoms with van der Waals surface area (Å²) >= 11 is 0. The van der Waals surface area contributed by atoms with Crippen LogP contribution in [0.1, 0.15) is 30.1 Å². The van der Waals surface area contributed by atoms with Gasteiger partial charge >= 0.3 is 0 Å². The molecule has 0 amide bonds. The minimum atomic E-state index is 0.437. The number of rotatable bonds is 4. The number of piperidine rings is 1. The van der Waals surface area contributed by atoms with E-state index in [1.807, 2.05) is 30.3 Å². The number of nitrogens with zero attached hydrogens (tertiary/aromatic N) is 2. The summed E-state index contributed by atoms with van der Waals surface area (Å²) in [5.74, 6) is 2.08. The van der Waals surface area contributed by atoms with Gasteiger partial charge in [-0.05, 0) is 24.9 Å². The summed E-state index contributed by atoms with van der Waals surface area (Å²) in [5, 5.41) is 3.38. The Bertz CT molecular complexity index is 521. The molecular formula is C16H19N3O. The summed E-state index contributed by atoms with van der Waals surface area (Å²) in [6, 6.07) is 10.1. The predicted molar refractivity (Wildman–Crippen MR) is 77.7 cm³/mol. The second-order valence-corrected chi connectivity index (χ2v) is 5.09. The van der Waals surface area contributed by atoms with Crippen molar-refractivity contribution in [2.45, 2.75) is 25.4 Å². The molecule has 1 saturated heterocycles. The van der Waals surface area contributed by atoms with Gasteiger partial charge in [0, 0.05) is 12.5 Å². The topological polar surface area (TPSA) is 47.0 Å². The number of nitrogens with one attached hydrogen (secondary N) is 1. The summed E-state index contributed by atoms with van der Waals surface area (Å²) in [6.45, 7) is 2.63. The molecule has 0 radical (unpaired) electrons. The largest absolute Gasteiger partial charge is 0.486 e. The zero-order valence-corrected chi connectivity index (χ0v) is 11.5. The highest BCUT2D eigenvalue weighted by atomic mass is 16.5. The van der Waals surface area contributed by atoms with E-state index in [-0.39, 0.29) is 0 Å². The summed E-state index contributed by atoms with van der Waals surface area (Å²) in [6.07, 6.45) is 5.91. The first-order valence-electron chi connectivity index (χ1n) is 7.11.